The number of pyridine rings is 2. The molecule has 0 aliphatic heterocycles. The maximum Gasteiger partial charge on any atom is 0.0763 e. The molecule has 1 unspecified atom stereocenters. The Labute approximate surface area is 103 Å². The third kappa shape index (κ3) is 2.46. The Morgan fingerprint density at radius 1 is 1.25 bits per heavy atom. The van der Waals surface area contributed by atoms with Gasteiger partial charge in [-0.3, -0.25) is 9.97 Å². The highest BCUT2D eigenvalue weighted by Crippen LogP contribution is 2.20. The number of rotatable bonds is 3. The first-order valence-corrected chi connectivity index (χ1v) is 5.79. The Morgan fingerprint density at radius 2 is 2.12 bits per heavy atom. The van der Waals surface area contributed by atoms with E-state index in [1.54, 1.807) is 12.4 Å². The van der Waals surface area contributed by atoms with Crippen LogP contribution >= 0.6 is 15.9 Å². The second-order valence-corrected chi connectivity index (χ2v) is 4.33. The monoisotopic (exact) mass is 277 g/mol. The molecule has 0 bridgehead atoms. The first-order valence-electron chi connectivity index (χ1n) is 5.00. The number of hydrogen-bond acceptors (Lipinski definition) is 3. The molecule has 0 amide bonds. The van der Waals surface area contributed by atoms with Crippen LogP contribution in [0.3, 0.4) is 0 Å². The summed E-state index contributed by atoms with van der Waals surface area (Å²) in [7, 11) is 1.92. The van der Waals surface area contributed by atoms with Crippen LogP contribution in [0.4, 0.5) is 0 Å². The summed E-state index contributed by atoms with van der Waals surface area (Å²) in [4.78, 5) is 8.51. The number of aromatic nitrogens is 2. The molecule has 0 fully saturated rings. The van der Waals surface area contributed by atoms with Crippen molar-refractivity contribution in [1.29, 1.82) is 0 Å². The summed E-state index contributed by atoms with van der Waals surface area (Å²) in [6.07, 6.45) is 5.42. The number of halogens is 1. The van der Waals surface area contributed by atoms with Gasteiger partial charge in [-0.25, -0.2) is 0 Å². The van der Waals surface area contributed by atoms with Gasteiger partial charge in [-0.15, -0.1) is 0 Å². The van der Waals surface area contributed by atoms with E-state index in [1.165, 1.54) is 0 Å². The Kier molecular flexibility index (Phi) is 3.64. The van der Waals surface area contributed by atoms with E-state index in [2.05, 4.69) is 31.2 Å². The third-order valence-electron chi connectivity index (χ3n) is 2.35. The van der Waals surface area contributed by atoms with Crippen molar-refractivity contribution in [2.24, 2.45) is 0 Å². The van der Waals surface area contributed by atoms with Gasteiger partial charge >= 0.3 is 0 Å². The van der Waals surface area contributed by atoms with E-state index in [0.717, 1.165) is 15.7 Å². The predicted molar refractivity (Wildman–Crippen MR) is 67.1 cm³/mol. The predicted octanol–water partition coefficient (Wildman–Crippen LogP) is 2.55. The molecule has 82 valence electrons. The van der Waals surface area contributed by atoms with E-state index in [1.807, 2.05) is 37.5 Å². The van der Waals surface area contributed by atoms with Gasteiger partial charge in [0.2, 0.25) is 0 Å². The minimum absolute atomic E-state index is 0.0850. The quantitative estimate of drug-likeness (QED) is 0.937. The second kappa shape index (κ2) is 5.18. The topological polar surface area (TPSA) is 37.8 Å². The van der Waals surface area contributed by atoms with Crippen LogP contribution in [0.25, 0.3) is 0 Å². The van der Waals surface area contributed by atoms with Crippen molar-refractivity contribution in [3.05, 3.63) is 58.6 Å². The normalized spacial score (nSPS) is 12.4. The maximum atomic E-state index is 4.39. The minimum atomic E-state index is 0.0850. The molecule has 1 N–H and O–H groups in total. The van der Waals surface area contributed by atoms with Crippen molar-refractivity contribution in [2.75, 3.05) is 7.05 Å². The lowest BCUT2D eigenvalue weighted by molar-refractivity contribution is 0.668. The number of nitrogens with one attached hydrogen (secondary N) is 1. The molecule has 2 aromatic heterocycles. The van der Waals surface area contributed by atoms with Crippen LogP contribution in [0.2, 0.25) is 0 Å². The van der Waals surface area contributed by atoms with E-state index < -0.39 is 0 Å². The molecule has 0 radical (unpaired) electrons. The van der Waals surface area contributed by atoms with Gasteiger partial charge in [0.15, 0.2) is 0 Å². The van der Waals surface area contributed by atoms with Crippen LogP contribution in [-0.2, 0) is 0 Å². The molecule has 2 aromatic rings. The van der Waals surface area contributed by atoms with Crippen molar-refractivity contribution < 1.29 is 0 Å². The summed E-state index contributed by atoms with van der Waals surface area (Å²) in [5.74, 6) is 0. The molecule has 16 heavy (non-hydrogen) atoms. The molecule has 2 heterocycles. The summed E-state index contributed by atoms with van der Waals surface area (Å²) in [6.45, 7) is 0. The molecule has 0 aromatic carbocycles. The molecule has 2 rings (SSSR count). The Hall–Kier alpha value is -1.26. The molecule has 0 saturated heterocycles. The van der Waals surface area contributed by atoms with Gasteiger partial charge < -0.3 is 5.32 Å². The second-order valence-electron chi connectivity index (χ2n) is 3.41. The lowest BCUT2D eigenvalue weighted by Crippen LogP contribution is -2.18. The van der Waals surface area contributed by atoms with Crippen LogP contribution in [0.1, 0.15) is 17.3 Å². The first kappa shape index (κ1) is 11.2. The van der Waals surface area contributed by atoms with Gasteiger partial charge in [0.25, 0.3) is 0 Å². The molecule has 0 aliphatic carbocycles. The molecule has 1 atom stereocenters. The van der Waals surface area contributed by atoms with E-state index >= 15 is 0 Å². The van der Waals surface area contributed by atoms with Gasteiger partial charge in [0.05, 0.1) is 11.7 Å². The van der Waals surface area contributed by atoms with E-state index in [9.17, 15) is 0 Å². The summed E-state index contributed by atoms with van der Waals surface area (Å²) in [6, 6.07) is 8.04. The van der Waals surface area contributed by atoms with Crippen LogP contribution < -0.4 is 5.32 Å². The third-order valence-corrected chi connectivity index (χ3v) is 2.82. The zero-order valence-corrected chi connectivity index (χ0v) is 10.5. The van der Waals surface area contributed by atoms with Crippen LogP contribution in [-0.4, -0.2) is 17.0 Å². The molecule has 0 aliphatic rings. The van der Waals surface area contributed by atoms with Gasteiger partial charge in [-0.1, -0.05) is 6.07 Å². The average molecular weight is 278 g/mol. The molecule has 3 nitrogen and oxygen atoms in total. The SMILES string of the molecule is CNC(c1cccnc1)c1ccc(Br)cn1. The van der Waals surface area contributed by atoms with Crippen LogP contribution in [0, 0.1) is 0 Å². The van der Waals surface area contributed by atoms with Crippen molar-refractivity contribution >= 4 is 15.9 Å². The fourth-order valence-electron chi connectivity index (χ4n) is 1.59. The Bertz CT molecular complexity index is 442. The van der Waals surface area contributed by atoms with Crippen LogP contribution in [0.15, 0.2) is 47.3 Å². The number of hydrogen-bond donors (Lipinski definition) is 1. The van der Waals surface area contributed by atoms with Crippen molar-refractivity contribution in [3.63, 3.8) is 0 Å². The van der Waals surface area contributed by atoms with Gasteiger partial charge in [0, 0.05) is 23.1 Å². The zero-order chi connectivity index (χ0) is 11.4. The Balaban J connectivity index is 2.33. The fourth-order valence-corrected chi connectivity index (χ4v) is 1.82. The highest BCUT2D eigenvalue weighted by molar-refractivity contribution is 9.10. The van der Waals surface area contributed by atoms with Crippen LogP contribution in [0.5, 0.6) is 0 Å². The summed E-state index contributed by atoms with van der Waals surface area (Å²) >= 11 is 3.38. The highest BCUT2D eigenvalue weighted by Gasteiger charge is 2.12. The van der Waals surface area contributed by atoms with Crippen molar-refractivity contribution in [3.8, 4) is 0 Å². The molecular weight excluding hydrogens is 266 g/mol. The van der Waals surface area contributed by atoms with E-state index in [4.69, 9.17) is 0 Å². The molecule has 0 saturated carbocycles. The summed E-state index contributed by atoms with van der Waals surface area (Å²) in [5, 5.41) is 3.24. The molecule has 4 heteroatoms. The largest absolute Gasteiger partial charge is 0.308 e. The number of nitrogens with zero attached hydrogens (tertiary/aromatic N) is 2. The molecule has 0 spiro atoms. The minimum Gasteiger partial charge on any atom is -0.308 e. The Morgan fingerprint density at radius 3 is 2.69 bits per heavy atom. The summed E-state index contributed by atoms with van der Waals surface area (Å²) in [5.41, 5.74) is 2.10. The lowest BCUT2D eigenvalue weighted by Gasteiger charge is -2.15. The van der Waals surface area contributed by atoms with Crippen molar-refractivity contribution in [1.82, 2.24) is 15.3 Å². The molecular formula is C12H12BrN3. The zero-order valence-electron chi connectivity index (χ0n) is 8.89. The van der Waals surface area contributed by atoms with Gasteiger partial charge in [0.1, 0.15) is 0 Å². The van der Waals surface area contributed by atoms with Gasteiger partial charge in [-0.2, -0.15) is 0 Å². The lowest BCUT2D eigenvalue weighted by atomic mass is 10.1. The van der Waals surface area contributed by atoms with E-state index in [0.29, 0.717) is 0 Å². The first-order chi connectivity index (χ1) is 7.81. The summed E-state index contributed by atoms with van der Waals surface area (Å²) < 4.78 is 0.984. The maximum absolute atomic E-state index is 4.39. The standard InChI is InChI=1S/C12H12BrN3/c1-14-12(9-3-2-6-15-7-9)11-5-4-10(13)8-16-11/h2-8,12,14H,1H3. The van der Waals surface area contributed by atoms with Crippen molar-refractivity contribution in [2.45, 2.75) is 6.04 Å². The smallest absolute Gasteiger partial charge is 0.0763 e. The highest BCUT2D eigenvalue weighted by atomic mass is 79.9. The van der Waals surface area contributed by atoms with E-state index in [-0.39, 0.29) is 6.04 Å². The van der Waals surface area contributed by atoms with Gasteiger partial charge in [-0.05, 0) is 46.7 Å². The fraction of sp³-hybridized carbons (Fsp3) is 0.167. The average Bonchev–Trinajstić information content (AvgIpc) is 2.34.